The highest BCUT2D eigenvalue weighted by molar-refractivity contribution is 7.99. The maximum absolute atomic E-state index is 13.8. The number of ketones is 3. The van der Waals surface area contributed by atoms with E-state index in [0.29, 0.717) is 36.2 Å². The van der Waals surface area contributed by atoms with Crippen molar-refractivity contribution in [3.63, 3.8) is 0 Å². The zero-order valence-corrected chi connectivity index (χ0v) is 21.7. The molecule has 3 fully saturated rings. The van der Waals surface area contributed by atoms with Crippen molar-refractivity contribution < 1.29 is 14.4 Å². The lowest BCUT2D eigenvalue weighted by atomic mass is 9.46. The minimum atomic E-state index is -0.246. The molecule has 6 unspecified atom stereocenters. The highest BCUT2D eigenvalue weighted by atomic mass is 32.2. The largest absolute Gasteiger partial charge is 0.322 e. The number of nitrogens with zero attached hydrogens (tertiary/aromatic N) is 2. The maximum Gasteiger partial charge on any atom is 0.169 e. The molecule has 5 nitrogen and oxygen atoms in total. The Bertz CT molecular complexity index is 1280. The van der Waals surface area contributed by atoms with Gasteiger partial charge in [-0.05, 0) is 73.0 Å². The Labute approximate surface area is 211 Å². The molecule has 0 radical (unpaired) electrons. The first kappa shape index (κ1) is 23.2. The van der Waals surface area contributed by atoms with E-state index in [1.54, 1.807) is 0 Å². The van der Waals surface area contributed by atoms with E-state index >= 15 is 0 Å². The Balaban J connectivity index is 1.22. The minimum absolute atomic E-state index is 0.0110. The molecule has 1 aromatic carbocycles. The number of carbonyl (C=O) groups is 3. The quantitative estimate of drug-likeness (QED) is 0.525. The van der Waals surface area contributed by atoms with Gasteiger partial charge in [0.25, 0.3) is 0 Å². The first-order valence-electron chi connectivity index (χ1n) is 13.1. The molecule has 2 aromatic rings. The standard InChI is InChI=1S/C29H34N2O3S/c1-28-13-12-18(32)14-17(28)8-9-19-20-10-11-21(29(20,2)15-24(33)26(19)28)25(34)16-35-27-30-22-6-4-5-7-23(22)31(27)3/h4-7,14,19-21,26H,8-13,15-16H2,1-3H3. The second-order valence-electron chi connectivity index (χ2n) is 11.8. The number of carbonyl (C=O) groups excluding carboxylic acids is 3. The molecule has 4 aliphatic carbocycles. The SMILES string of the molecule is Cn1c(SCC(=O)C2CCC3C4CCC5=CC(=O)CCC5(C)C4C(=O)CC23C)nc2ccccc21. The first-order chi connectivity index (χ1) is 16.7. The molecule has 6 heteroatoms. The Morgan fingerprint density at radius 2 is 1.94 bits per heavy atom. The van der Waals surface area contributed by atoms with Crippen LogP contribution in [-0.4, -0.2) is 32.7 Å². The van der Waals surface area contributed by atoms with Gasteiger partial charge >= 0.3 is 0 Å². The fourth-order valence-corrected chi connectivity index (χ4v) is 9.33. The molecule has 3 saturated carbocycles. The normalized spacial score (nSPS) is 36.5. The second-order valence-corrected chi connectivity index (χ2v) is 12.8. The van der Waals surface area contributed by atoms with Crippen molar-refractivity contribution >= 4 is 40.1 Å². The van der Waals surface area contributed by atoms with Gasteiger partial charge in [-0.1, -0.05) is 43.3 Å². The smallest absolute Gasteiger partial charge is 0.169 e. The molecule has 4 aliphatic rings. The van der Waals surface area contributed by atoms with E-state index in [9.17, 15) is 14.4 Å². The van der Waals surface area contributed by atoms with Crippen molar-refractivity contribution in [2.45, 2.75) is 63.9 Å². The van der Waals surface area contributed by atoms with Crippen molar-refractivity contribution in [1.29, 1.82) is 0 Å². The number of imidazole rings is 1. The average Bonchev–Trinajstić information content (AvgIpc) is 3.34. The van der Waals surface area contributed by atoms with E-state index in [-0.39, 0.29) is 34.2 Å². The van der Waals surface area contributed by atoms with Crippen LogP contribution in [0.2, 0.25) is 0 Å². The van der Waals surface area contributed by atoms with Crippen molar-refractivity contribution in [2.75, 3.05) is 5.75 Å². The molecule has 6 atom stereocenters. The molecular formula is C29H34N2O3S. The van der Waals surface area contributed by atoms with E-state index < -0.39 is 0 Å². The number of rotatable bonds is 4. The van der Waals surface area contributed by atoms with Crippen LogP contribution in [-0.2, 0) is 21.4 Å². The van der Waals surface area contributed by atoms with Gasteiger partial charge in [0.1, 0.15) is 11.6 Å². The van der Waals surface area contributed by atoms with Gasteiger partial charge in [-0.15, -0.1) is 0 Å². The van der Waals surface area contributed by atoms with E-state index in [1.807, 2.05) is 37.4 Å². The van der Waals surface area contributed by atoms with Gasteiger partial charge in [0.05, 0.1) is 16.8 Å². The summed E-state index contributed by atoms with van der Waals surface area (Å²) in [6.07, 6.45) is 7.52. The monoisotopic (exact) mass is 490 g/mol. The van der Waals surface area contributed by atoms with Crippen LogP contribution >= 0.6 is 11.8 Å². The third-order valence-electron chi connectivity index (χ3n) is 10.1. The maximum atomic E-state index is 13.8. The Morgan fingerprint density at radius 1 is 1.14 bits per heavy atom. The summed E-state index contributed by atoms with van der Waals surface area (Å²) in [4.78, 5) is 44.2. The zero-order chi connectivity index (χ0) is 24.5. The number of allylic oxidation sites excluding steroid dienone is 1. The Hall–Kier alpha value is -2.21. The van der Waals surface area contributed by atoms with Crippen LogP contribution in [0, 0.1) is 34.5 Å². The summed E-state index contributed by atoms with van der Waals surface area (Å²) in [5.41, 5.74) is 2.81. The third-order valence-corrected chi connectivity index (χ3v) is 11.2. The summed E-state index contributed by atoms with van der Waals surface area (Å²) < 4.78 is 2.06. The van der Waals surface area contributed by atoms with Crippen molar-refractivity contribution in [2.24, 2.45) is 41.5 Å². The van der Waals surface area contributed by atoms with Crippen LogP contribution in [0.1, 0.15) is 58.8 Å². The van der Waals surface area contributed by atoms with Gasteiger partial charge in [-0.3, -0.25) is 14.4 Å². The first-order valence-corrected chi connectivity index (χ1v) is 14.0. The van der Waals surface area contributed by atoms with Crippen LogP contribution in [0.25, 0.3) is 11.0 Å². The van der Waals surface area contributed by atoms with Crippen molar-refractivity contribution in [3.8, 4) is 0 Å². The summed E-state index contributed by atoms with van der Waals surface area (Å²) in [6.45, 7) is 4.45. The fraction of sp³-hybridized carbons (Fsp3) is 0.586. The van der Waals surface area contributed by atoms with E-state index in [1.165, 1.54) is 17.3 Å². The lowest BCUT2D eigenvalue weighted by Crippen LogP contribution is -2.55. The summed E-state index contributed by atoms with van der Waals surface area (Å²) in [5.74, 6) is 1.92. The van der Waals surface area contributed by atoms with Gasteiger partial charge in [-0.25, -0.2) is 4.98 Å². The van der Waals surface area contributed by atoms with Crippen LogP contribution in [0.15, 0.2) is 41.1 Å². The molecule has 6 rings (SSSR count). The predicted molar refractivity (Wildman–Crippen MR) is 137 cm³/mol. The molecule has 0 amide bonds. The van der Waals surface area contributed by atoms with Gasteiger partial charge < -0.3 is 4.57 Å². The summed E-state index contributed by atoms with van der Waals surface area (Å²) in [5, 5.41) is 0.866. The lowest BCUT2D eigenvalue weighted by Gasteiger charge is -2.56. The molecular weight excluding hydrogens is 456 g/mol. The highest BCUT2D eigenvalue weighted by Crippen LogP contribution is 2.65. The number of hydrogen-bond donors (Lipinski definition) is 0. The minimum Gasteiger partial charge on any atom is -0.322 e. The van der Waals surface area contributed by atoms with Gasteiger partial charge in [0.2, 0.25) is 0 Å². The molecule has 0 spiro atoms. The predicted octanol–water partition coefficient (Wildman–Crippen LogP) is 5.56. The number of aryl methyl sites for hydroxylation is 1. The van der Waals surface area contributed by atoms with Crippen LogP contribution in [0.3, 0.4) is 0 Å². The molecule has 35 heavy (non-hydrogen) atoms. The summed E-state index contributed by atoms with van der Waals surface area (Å²) in [6, 6.07) is 8.04. The molecule has 184 valence electrons. The molecule has 0 bridgehead atoms. The average molecular weight is 491 g/mol. The second kappa shape index (κ2) is 8.16. The molecule has 0 saturated heterocycles. The van der Waals surface area contributed by atoms with Crippen LogP contribution in [0.5, 0.6) is 0 Å². The number of thioether (sulfide) groups is 1. The number of para-hydroxylation sites is 2. The van der Waals surface area contributed by atoms with E-state index in [4.69, 9.17) is 4.98 Å². The summed E-state index contributed by atoms with van der Waals surface area (Å²) >= 11 is 1.52. The number of hydrogen-bond acceptors (Lipinski definition) is 5. The van der Waals surface area contributed by atoms with Gasteiger partial charge in [0, 0.05) is 31.7 Å². The Kier molecular flexibility index (Phi) is 5.41. The highest BCUT2D eigenvalue weighted by Gasteiger charge is 2.63. The van der Waals surface area contributed by atoms with Crippen molar-refractivity contribution in [1.82, 2.24) is 9.55 Å². The summed E-state index contributed by atoms with van der Waals surface area (Å²) in [7, 11) is 2.00. The topological polar surface area (TPSA) is 69.0 Å². The van der Waals surface area contributed by atoms with Crippen molar-refractivity contribution in [3.05, 3.63) is 35.9 Å². The van der Waals surface area contributed by atoms with Gasteiger partial charge in [0.15, 0.2) is 10.9 Å². The fourth-order valence-electron chi connectivity index (χ4n) is 8.40. The van der Waals surface area contributed by atoms with Crippen LogP contribution < -0.4 is 0 Å². The lowest BCUT2D eigenvalue weighted by molar-refractivity contribution is -0.148. The Morgan fingerprint density at radius 3 is 2.74 bits per heavy atom. The number of aromatic nitrogens is 2. The number of benzene rings is 1. The number of Topliss-reactive ketones (excluding diaryl/α,β-unsaturated/α-hetero) is 2. The van der Waals surface area contributed by atoms with Crippen LogP contribution in [0.4, 0.5) is 0 Å². The van der Waals surface area contributed by atoms with Gasteiger partial charge in [-0.2, -0.15) is 0 Å². The molecule has 0 aliphatic heterocycles. The zero-order valence-electron chi connectivity index (χ0n) is 20.9. The van der Waals surface area contributed by atoms with E-state index in [2.05, 4.69) is 18.4 Å². The molecule has 1 heterocycles. The molecule has 0 N–H and O–H groups in total. The van der Waals surface area contributed by atoms with E-state index in [0.717, 1.165) is 48.3 Å². The third kappa shape index (κ3) is 3.42. The number of fused-ring (bicyclic) bond motifs is 6. The molecule has 1 aromatic heterocycles.